The van der Waals surface area contributed by atoms with Crippen molar-refractivity contribution < 1.29 is 14.3 Å². The molecule has 0 aromatic carbocycles. The number of unbranched alkanes of at least 4 members (excludes halogenated alkanes) is 4. The van der Waals surface area contributed by atoms with Gasteiger partial charge >= 0.3 is 5.97 Å². The molecule has 3 nitrogen and oxygen atoms in total. The highest BCUT2D eigenvalue weighted by atomic mass is 16.5. The molecule has 0 unspecified atom stereocenters. The van der Waals surface area contributed by atoms with Crippen molar-refractivity contribution in [3.05, 3.63) is 0 Å². The Kier molecular flexibility index (Phi) is 12.1. The Balaban J connectivity index is 3.11. The van der Waals surface area contributed by atoms with Gasteiger partial charge in [0, 0.05) is 19.6 Å². The summed E-state index contributed by atoms with van der Waals surface area (Å²) in [4.78, 5) is 11.2. The lowest BCUT2D eigenvalue weighted by Gasteiger charge is -2.04. The molecule has 0 N–H and O–H groups in total. The van der Waals surface area contributed by atoms with Crippen molar-refractivity contribution >= 4 is 5.97 Å². The summed E-state index contributed by atoms with van der Waals surface area (Å²) < 4.78 is 10.3. The Bertz CT molecular complexity index is 157. The molecule has 0 aliphatic carbocycles. The summed E-state index contributed by atoms with van der Waals surface area (Å²) in [6, 6.07) is 0. The van der Waals surface area contributed by atoms with Crippen LogP contribution in [0.3, 0.4) is 0 Å². The maximum atomic E-state index is 11.2. The summed E-state index contributed by atoms with van der Waals surface area (Å²) in [5.74, 6) is -0.0486. The fourth-order valence-electron chi connectivity index (χ4n) is 1.40. The van der Waals surface area contributed by atoms with Gasteiger partial charge in [0.2, 0.25) is 0 Å². The van der Waals surface area contributed by atoms with E-state index >= 15 is 0 Å². The Morgan fingerprint density at radius 1 is 0.938 bits per heavy atom. The predicted octanol–water partition coefficient (Wildman–Crippen LogP) is 3.32. The Morgan fingerprint density at radius 2 is 1.69 bits per heavy atom. The highest BCUT2D eigenvalue weighted by Gasteiger charge is 2.01. The molecular formula is C13H26O3. The van der Waals surface area contributed by atoms with Crippen molar-refractivity contribution in [1.29, 1.82) is 0 Å². The van der Waals surface area contributed by atoms with Gasteiger partial charge in [-0.25, -0.2) is 0 Å². The van der Waals surface area contributed by atoms with Crippen LogP contribution in [0.1, 0.15) is 58.8 Å². The van der Waals surface area contributed by atoms with E-state index in [9.17, 15) is 4.79 Å². The molecular weight excluding hydrogens is 204 g/mol. The van der Waals surface area contributed by atoms with Crippen molar-refractivity contribution in [3.63, 3.8) is 0 Å². The fourth-order valence-corrected chi connectivity index (χ4v) is 1.40. The average Bonchev–Trinajstić information content (AvgIpc) is 2.29. The van der Waals surface area contributed by atoms with Crippen LogP contribution in [0.25, 0.3) is 0 Å². The van der Waals surface area contributed by atoms with Gasteiger partial charge in [0.1, 0.15) is 0 Å². The van der Waals surface area contributed by atoms with Crippen LogP contribution in [0.15, 0.2) is 0 Å². The first kappa shape index (κ1) is 15.4. The van der Waals surface area contributed by atoms with Gasteiger partial charge in [-0.1, -0.05) is 26.2 Å². The zero-order chi connectivity index (χ0) is 12.1. The third-order valence-corrected chi connectivity index (χ3v) is 2.38. The van der Waals surface area contributed by atoms with E-state index in [0.29, 0.717) is 13.0 Å². The number of hydrogen-bond donors (Lipinski definition) is 0. The number of esters is 1. The molecule has 3 heteroatoms. The van der Waals surface area contributed by atoms with E-state index in [4.69, 9.17) is 9.47 Å². The second kappa shape index (κ2) is 12.5. The SMILES string of the molecule is CCCCCOC(=O)CCCCCOCC. The van der Waals surface area contributed by atoms with Crippen LogP contribution >= 0.6 is 0 Å². The lowest BCUT2D eigenvalue weighted by Crippen LogP contribution is -2.05. The van der Waals surface area contributed by atoms with Gasteiger partial charge in [-0.05, 0) is 26.2 Å². The predicted molar refractivity (Wildman–Crippen MR) is 65.4 cm³/mol. The monoisotopic (exact) mass is 230 g/mol. The zero-order valence-corrected chi connectivity index (χ0v) is 10.8. The summed E-state index contributed by atoms with van der Waals surface area (Å²) >= 11 is 0. The molecule has 0 aromatic heterocycles. The third kappa shape index (κ3) is 11.5. The van der Waals surface area contributed by atoms with Crippen molar-refractivity contribution in [3.8, 4) is 0 Å². The van der Waals surface area contributed by atoms with E-state index in [1.54, 1.807) is 0 Å². The standard InChI is InChI=1S/C13H26O3/c1-3-5-8-12-16-13(14)10-7-6-9-11-15-4-2/h3-12H2,1-2H3. The van der Waals surface area contributed by atoms with Crippen LogP contribution in [0.4, 0.5) is 0 Å². The lowest BCUT2D eigenvalue weighted by atomic mass is 10.2. The van der Waals surface area contributed by atoms with Gasteiger partial charge in [0.25, 0.3) is 0 Å². The highest BCUT2D eigenvalue weighted by molar-refractivity contribution is 5.69. The third-order valence-electron chi connectivity index (χ3n) is 2.38. The smallest absolute Gasteiger partial charge is 0.305 e. The Morgan fingerprint density at radius 3 is 2.38 bits per heavy atom. The molecule has 0 aliphatic heterocycles. The van der Waals surface area contributed by atoms with E-state index in [2.05, 4.69) is 6.92 Å². The van der Waals surface area contributed by atoms with Crippen molar-refractivity contribution in [1.82, 2.24) is 0 Å². The first-order chi connectivity index (χ1) is 7.81. The van der Waals surface area contributed by atoms with Gasteiger partial charge in [0.05, 0.1) is 6.61 Å². The molecule has 0 atom stereocenters. The molecule has 16 heavy (non-hydrogen) atoms. The number of rotatable bonds is 11. The van der Waals surface area contributed by atoms with Crippen LogP contribution in [0, 0.1) is 0 Å². The summed E-state index contributed by atoms with van der Waals surface area (Å²) in [6.07, 6.45) is 6.85. The summed E-state index contributed by atoms with van der Waals surface area (Å²) in [6.45, 7) is 6.31. The second-order valence-electron chi connectivity index (χ2n) is 3.94. The van der Waals surface area contributed by atoms with Gasteiger partial charge in [-0.15, -0.1) is 0 Å². The second-order valence-corrected chi connectivity index (χ2v) is 3.94. The van der Waals surface area contributed by atoms with E-state index in [1.165, 1.54) is 0 Å². The zero-order valence-electron chi connectivity index (χ0n) is 10.8. The van der Waals surface area contributed by atoms with Gasteiger partial charge in [-0.2, -0.15) is 0 Å². The topological polar surface area (TPSA) is 35.5 Å². The van der Waals surface area contributed by atoms with Crippen LogP contribution in [0.2, 0.25) is 0 Å². The molecule has 0 bridgehead atoms. The van der Waals surface area contributed by atoms with Crippen molar-refractivity contribution in [2.75, 3.05) is 19.8 Å². The molecule has 0 rings (SSSR count). The summed E-state index contributed by atoms with van der Waals surface area (Å²) in [7, 11) is 0. The molecule has 0 aliphatic rings. The van der Waals surface area contributed by atoms with Gasteiger partial charge in [-0.3, -0.25) is 4.79 Å². The maximum Gasteiger partial charge on any atom is 0.305 e. The molecule has 0 saturated carbocycles. The fraction of sp³-hybridized carbons (Fsp3) is 0.923. The molecule has 0 amide bonds. The van der Waals surface area contributed by atoms with E-state index in [-0.39, 0.29) is 5.97 Å². The van der Waals surface area contributed by atoms with Gasteiger partial charge < -0.3 is 9.47 Å². The van der Waals surface area contributed by atoms with Crippen molar-refractivity contribution in [2.24, 2.45) is 0 Å². The molecule has 0 spiro atoms. The first-order valence-corrected chi connectivity index (χ1v) is 6.54. The van der Waals surface area contributed by atoms with Crippen molar-refractivity contribution in [2.45, 2.75) is 58.8 Å². The van der Waals surface area contributed by atoms with Crippen LogP contribution in [0.5, 0.6) is 0 Å². The van der Waals surface area contributed by atoms with Crippen LogP contribution in [-0.2, 0) is 14.3 Å². The Hall–Kier alpha value is -0.570. The quantitative estimate of drug-likeness (QED) is 0.403. The number of carbonyl (C=O) groups excluding carboxylic acids is 1. The van der Waals surface area contributed by atoms with E-state index < -0.39 is 0 Å². The van der Waals surface area contributed by atoms with Crippen LogP contribution < -0.4 is 0 Å². The minimum atomic E-state index is -0.0486. The molecule has 0 heterocycles. The Labute approximate surface area is 99.5 Å². The first-order valence-electron chi connectivity index (χ1n) is 6.54. The maximum absolute atomic E-state index is 11.2. The van der Waals surface area contributed by atoms with Gasteiger partial charge in [0.15, 0.2) is 0 Å². The molecule has 0 saturated heterocycles. The summed E-state index contributed by atoms with van der Waals surface area (Å²) in [5, 5.41) is 0. The number of ether oxygens (including phenoxy) is 2. The molecule has 0 aromatic rings. The van der Waals surface area contributed by atoms with E-state index in [0.717, 1.165) is 51.7 Å². The van der Waals surface area contributed by atoms with Crippen LogP contribution in [-0.4, -0.2) is 25.8 Å². The molecule has 96 valence electrons. The molecule has 0 radical (unpaired) electrons. The summed E-state index contributed by atoms with van der Waals surface area (Å²) in [5.41, 5.74) is 0. The highest BCUT2D eigenvalue weighted by Crippen LogP contribution is 2.03. The number of hydrogen-bond acceptors (Lipinski definition) is 3. The molecule has 0 fully saturated rings. The number of carbonyl (C=O) groups is 1. The normalized spacial score (nSPS) is 10.4. The minimum Gasteiger partial charge on any atom is -0.466 e. The minimum absolute atomic E-state index is 0.0486. The largest absolute Gasteiger partial charge is 0.466 e. The van der Waals surface area contributed by atoms with E-state index in [1.807, 2.05) is 6.92 Å². The average molecular weight is 230 g/mol. The lowest BCUT2D eigenvalue weighted by molar-refractivity contribution is -0.143.